The molecule has 0 spiro atoms. The lowest BCUT2D eigenvalue weighted by Crippen LogP contribution is -2.40. The van der Waals surface area contributed by atoms with E-state index in [4.69, 9.17) is 32.7 Å². The number of methoxy groups -OCH3 is 2. The number of ether oxygens (including phenoxy) is 2. The number of hydrogen-bond acceptors (Lipinski definition) is 6. The van der Waals surface area contributed by atoms with Crippen LogP contribution in [0.1, 0.15) is 30.5 Å². The van der Waals surface area contributed by atoms with Gasteiger partial charge < -0.3 is 9.47 Å². The molecule has 170 valence electrons. The fourth-order valence-electron chi connectivity index (χ4n) is 3.82. The average Bonchev–Trinajstić information content (AvgIpc) is 3.12. The molecular weight excluding hydrogens is 483 g/mol. The quantitative estimate of drug-likeness (QED) is 0.492. The van der Waals surface area contributed by atoms with Crippen LogP contribution in [-0.4, -0.2) is 24.8 Å². The van der Waals surface area contributed by atoms with Gasteiger partial charge in [0.25, 0.3) is 5.56 Å². The maximum atomic E-state index is 13.6. The predicted molar refractivity (Wildman–Crippen MR) is 130 cm³/mol. The van der Waals surface area contributed by atoms with Gasteiger partial charge in [-0.05, 0) is 35.8 Å². The Balaban J connectivity index is 1.98. The Morgan fingerprint density at radius 3 is 2.42 bits per heavy atom. The van der Waals surface area contributed by atoms with E-state index in [0.29, 0.717) is 48.4 Å². The van der Waals surface area contributed by atoms with E-state index >= 15 is 0 Å². The number of carbonyl (C=O) groups excluding carboxylic acids is 1. The maximum Gasteiger partial charge on any atom is 0.338 e. The Morgan fingerprint density at radius 2 is 1.85 bits per heavy atom. The number of fused-ring (bicyclic) bond motifs is 1. The van der Waals surface area contributed by atoms with Gasteiger partial charge in [0.15, 0.2) is 10.6 Å². The van der Waals surface area contributed by atoms with Crippen molar-refractivity contribution in [2.75, 3.05) is 14.2 Å². The van der Waals surface area contributed by atoms with Crippen LogP contribution in [0.15, 0.2) is 63.5 Å². The van der Waals surface area contributed by atoms with E-state index < -0.39 is 12.0 Å². The van der Waals surface area contributed by atoms with Crippen molar-refractivity contribution in [3.8, 4) is 5.75 Å². The molecule has 0 aliphatic carbocycles. The molecule has 6 nitrogen and oxygen atoms in total. The summed E-state index contributed by atoms with van der Waals surface area (Å²) in [4.78, 5) is 31.5. The molecule has 33 heavy (non-hydrogen) atoms. The zero-order valence-electron chi connectivity index (χ0n) is 18.1. The number of thiazole rings is 1. The molecule has 0 saturated carbocycles. The number of allylic oxidation sites excluding steroid dienone is 1. The molecule has 0 radical (unpaired) electrons. The van der Waals surface area contributed by atoms with Gasteiger partial charge in [0, 0.05) is 0 Å². The molecule has 1 aromatic heterocycles. The van der Waals surface area contributed by atoms with Crippen LogP contribution in [0.2, 0.25) is 10.0 Å². The number of nitrogens with zero attached hydrogens (tertiary/aromatic N) is 2. The highest BCUT2D eigenvalue weighted by Crippen LogP contribution is 2.34. The van der Waals surface area contributed by atoms with Gasteiger partial charge in [-0.2, -0.15) is 0 Å². The van der Waals surface area contributed by atoms with Crippen molar-refractivity contribution < 1.29 is 14.3 Å². The molecule has 0 unspecified atom stereocenters. The zero-order chi connectivity index (χ0) is 23.7. The van der Waals surface area contributed by atoms with Crippen LogP contribution >= 0.6 is 34.5 Å². The van der Waals surface area contributed by atoms with E-state index in [-0.39, 0.29) is 5.56 Å². The second-order valence-corrected chi connectivity index (χ2v) is 9.04. The Kier molecular flexibility index (Phi) is 6.74. The molecule has 0 saturated heterocycles. The van der Waals surface area contributed by atoms with E-state index in [1.54, 1.807) is 22.8 Å². The first-order chi connectivity index (χ1) is 15.9. The Labute approximate surface area is 204 Å². The monoisotopic (exact) mass is 502 g/mol. The number of hydrogen-bond donors (Lipinski definition) is 0. The highest BCUT2D eigenvalue weighted by Gasteiger charge is 2.33. The van der Waals surface area contributed by atoms with Crippen molar-refractivity contribution in [3.05, 3.63) is 94.6 Å². The molecule has 0 fully saturated rings. The molecule has 0 amide bonds. The molecule has 0 bridgehead atoms. The van der Waals surface area contributed by atoms with Crippen LogP contribution in [0.5, 0.6) is 5.75 Å². The van der Waals surface area contributed by atoms with E-state index in [9.17, 15) is 9.59 Å². The number of carbonyl (C=O) groups is 1. The predicted octanol–water partition coefficient (Wildman–Crippen LogP) is 4.11. The Bertz CT molecular complexity index is 1420. The van der Waals surface area contributed by atoms with Crippen LogP contribution in [-0.2, 0) is 9.53 Å². The highest BCUT2D eigenvalue weighted by molar-refractivity contribution is 7.07. The third kappa shape index (κ3) is 4.24. The van der Waals surface area contributed by atoms with Crippen molar-refractivity contribution in [1.29, 1.82) is 0 Å². The van der Waals surface area contributed by atoms with Gasteiger partial charge in [-0.15, -0.1) is 0 Å². The third-order valence-electron chi connectivity index (χ3n) is 5.29. The summed E-state index contributed by atoms with van der Waals surface area (Å²) >= 11 is 13.8. The molecule has 1 atom stereocenters. The fraction of sp³-hybridized carbons (Fsp3) is 0.208. The van der Waals surface area contributed by atoms with Crippen molar-refractivity contribution in [3.63, 3.8) is 0 Å². The van der Waals surface area contributed by atoms with Gasteiger partial charge >= 0.3 is 5.97 Å². The average molecular weight is 503 g/mol. The molecule has 1 aliphatic rings. The van der Waals surface area contributed by atoms with Gasteiger partial charge in [0.1, 0.15) is 0 Å². The van der Waals surface area contributed by atoms with E-state index in [2.05, 4.69) is 4.99 Å². The number of halogens is 2. The minimum atomic E-state index is -0.643. The smallest absolute Gasteiger partial charge is 0.338 e. The normalized spacial score (nSPS) is 15.8. The summed E-state index contributed by atoms with van der Waals surface area (Å²) in [6.45, 7) is 1.92. The van der Waals surface area contributed by atoms with Crippen LogP contribution in [0, 0.1) is 0 Å². The summed E-state index contributed by atoms with van der Waals surface area (Å²) in [6, 6.07) is 12.1. The van der Waals surface area contributed by atoms with Gasteiger partial charge in [0.2, 0.25) is 0 Å². The first-order valence-electron chi connectivity index (χ1n) is 10.1. The summed E-state index contributed by atoms with van der Waals surface area (Å²) < 4.78 is 12.2. The van der Waals surface area contributed by atoms with Gasteiger partial charge in [-0.25, -0.2) is 9.79 Å². The highest BCUT2D eigenvalue weighted by atomic mass is 35.5. The zero-order valence-corrected chi connectivity index (χ0v) is 20.4. The fourth-order valence-corrected chi connectivity index (χ4v) is 5.50. The maximum absolute atomic E-state index is 13.6. The molecule has 1 aliphatic heterocycles. The lowest BCUT2D eigenvalue weighted by molar-refractivity contribution is -0.136. The summed E-state index contributed by atoms with van der Waals surface area (Å²) in [5, 5.41) is 0.680. The van der Waals surface area contributed by atoms with Crippen LogP contribution in [0.25, 0.3) is 6.08 Å². The summed E-state index contributed by atoms with van der Waals surface area (Å²) in [7, 11) is 2.81. The lowest BCUT2D eigenvalue weighted by Gasteiger charge is -2.25. The number of benzene rings is 2. The summed E-state index contributed by atoms with van der Waals surface area (Å²) in [6.07, 6.45) is 2.22. The standard InChI is InChI=1S/C24H20Cl2N2O4S/c1-4-17-19(23(30)32-3)20(14-8-6-5-7-9-14)28-22(29)18(33-24(28)27-17)12-13-10-15(25)21(31-2)16(26)11-13/h5-12,20H,4H2,1-3H3/b18-12-/t20-/m0/s1. The van der Waals surface area contributed by atoms with Crippen LogP contribution in [0.4, 0.5) is 0 Å². The van der Waals surface area contributed by atoms with Gasteiger partial charge in [-0.3, -0.25) is 9.36 Å². The second kappa shape index (κ2) is 9.55. The topological polar surface area (TPSA) is 69.9 Å². The molecule has 3 aromatic rings. The van der Waals surface area contributed by atoms with Crippen molar-refractivity contribution in [2.45, 2.75) is 19.4 Å². The number of esters is 1. The van der Waals surface area contributed by atoms with Crippen molar-refractivity contribution in [2.24, 2.45) is 4.99 Å². The largest absolute Gasteiger partial charge is 0.494 e. The minimum Gasteiger partial charge on any atom is -0.494 e. The van der Waals surface area contributed by atoms with Gasteiger partial charge in [0.05, 0.1) is 46.1 Å². The Morgan fingerprint density at radius 1 is 1.18 bits per heavy atom. The second-order valence-electron chi connectivity index (χ2n) is 7.22. The van der Waals surface area contributed by atoms with E-state index in [0.717, 1.165) is 5.56 Å². The minimum absolute atomic E-state index is 0.271. The number of aromatic nitrogens is 1. The Hall–Kier alpha value is -2.87. The summed E-state index contributed by atoms with van der Waals surface area (Å²) in [5.74, 6) is -0.135. The molecule has 2 aromatic carbocycles. The molecule has 4 rings (SSSR count). The van der Waals surface area contributed by atoms with Gasteiger partial charge in [-0.1, -0.05) is 71.8 Å². The number of rotatable bonds is 5. The first kappa shape index (κ1) is 23.3. The van der Waals surface area contributed by atoms with E-state index in [1.165, 1.54) is 25.6 Å². The molecule has 9 heteroatoms. The molecule has 0 N–H and O–H groups in total. The summed E-state index contributed by atoms with van der Waals surface area (Å²) in [5.41, 5.74) is 2.13. The van der Waals surface area contributed by atoms with E-state index in [1.807, 2.05) is 37.3 Å². The SMILES string of the molecule is CCC1=C(C(=O)OC)[C@H](c2ccccc2)n2c(s/c(=C\c3cc(Cl)c(OC)c(Cl)c3)c2=O)=N1. The van der Waals surface area contributed by atoms with Crippen molar-refractivity contribution >= 4 is 46.6 Å². The lowest BCUT2D eigenvalue weighted by atomic mass is 9.95. The van der Waals surface area contributed by atoms with Crippen LogP contribution < -0.4 is 19.6 Å². The van der Waals surface area contributed by atoms with Crippen LogP contribution in [0.3, 0.4) is 0 Å². The molecular formula is C24H20Cl2N2O4S. The third-order valence-corrected chi connectivity index (χ3v) is 6.83. The molecule has 2 heterocycles. The van der Waals surface area contributed by atoms with Crippen molar-refractivity contribution in [1.82, 2.24) is 4.57 Å². The first-order valence-corrected chi connectivity index (χ1v) is 11.7.